The molecule has 1 N–H and O–H groups in total. The number of ether oxygens (including phenoxy) is 1. The Kier molecular flexibility index (Phi) is 4.41. The molecule has 0 spiro atoms. The first kappa shape index (κ1) is 17.1. The maximum absolute atomic E-state index is 13.2. The number of benzene rings is 1. The van der Waals surface area contributed by atoms with Gasteiger partial charge in [0.25, 0.3) is 5.56 Å². The molecule has 0 amide bonds. The van der Waals surface area contributed by atoms with E-state index in [1.54, 1.807) is 11.0 Å². The molecule has 0 saturated carbocycles. The highest BCUT2D eigenvalue weighted by Crippen LogP contribution is 2.25. The number of aromatic nitrogens is 6. The second kappa shape index (κ2) is 7.21. The van der Waals surface area contributed by atoms with Crippen molar-refractivity contribution < 1.29 is 4.74 Å². The Balaban J connectivity index is 1.57. The van der Waals surface area contributed by atoms with Crippen LogP contribution in [0.15, 0.2) is 46.7 Å². The van der Waals surface area contributed by atoms with Crippen molar-refractivity contribution in [2.24, 2.45) is 0 Å². The number of aromatic amines is 1. The summed E-state index contributed by atoms with van der Waals surface area (Å²) >= 11 is 1.49. The molecule has 0 atom stereocenters. The average molecular weight is 395 g/mol. The Labute approximate surface area is 163 Å². The van der Waals surface area contributed by atoms with Gasteiger partial charge in [-0.15, -0.1) is 0 Å². The zero-order chi connectivity index (χ0) is 18.9. The summed E-state index contributed by atoms with van der Waals surface area (Å²) in [4.78, 5) is 33.8. The first-order chi connectivity index (χ1) is 13.8. The van der Waals surface area contributed by atoms with Gasteiger partial charge in [-0.3, -0.25) is 4.79 Å². The number of nitrogens with one attached hydrogen (secondary N) is 1. The summed E-state index contributed by atoms with van der Waals surface area (Å²) < 4.78 is 7.14. The Morgan fingerprint density at radius 1 is 1.14 bits per heavy atom. The normalized spacial score (nSPS) is 14.8. The van der Waals surface area contributed by atoms with Crippen LogP contribution in [0, 0.1) is 0 Å². The van der Waals surface area contributed by atoms with E-state index in [0.717, 1.165) is 5.03 Å². The predicted octanol–water partition coefficient (Wildman–Crippen LogP) is 1.32. The number of rotatable bonds is 4. The fourth-order valence-corrected chi connectivity index (χ4v) is 4.15. The largest absolute Gasteiger partial charge is 0.378 e. The third kappa shape index (κ3) is 3.00. The van der Waals surface area contributed by atoms with Crippen molar-refractivity contribution in [2.75, 3.05) is 31.3 Å². The van der Waals surface area contributed by atoms with Gasteiger partial charge >= 0.3 is 0 Å². The summed E-state index contributed by atoms with van der Waals surface area (Å²) in [7, 11) is 0. The van der Waals surface area contributed by atoms with E-state index in [0.29, 0.717) is 59.9 Å². The van der Waals surface area contributed by atoms with Crippen LogP contribution < -0.4 is 10.6 Å². The van der Waals surface area contributed by atoms with Gasteiger partial charge in [-0.05, 0) is 12.1 Å². The Morgan fingerprint density at radius 3 is 2.89 bits per heavy atom. The van der Waals surface area contributed by atoms with Gasteiger partial charge in [-0.2, -0.15) is 0 Å². The van der Waals surface area contributed by atoms with Crippen molar-refractivity contribution in [3.05, 3.63) is 53.1 Å². The van der Waals surface area contributed by atoms with Gasteiger partial charge < -0.3 is 14.7 Å². The molecule has 1 aliphatic rings. The second-order valence-corrected chi connectivity index (χ2v) is 7.26. The number of thioether (sulfide) groups is 1. The molecular formula is C18H17N7O2S. The van der Waals surface area contributed by atoms with E-state index in [-0.39, 0.29) is 5.56 Å². The smallest absolute Gasteiger partial charge is 0.280 e. The molecule has 1 aliphatic heterocycles. The molecule has 0 radical (unpaired) electrons. The molecular weight excluding hydrogens is 378 g/mol. The molecule has 0 aliphatic carbocycles. The van der Waals surface area contributed by atoms with Crippen LogP contribution in [0.3, 0.4) is 0 Å². The van der Waals surface area contributed by atoms with Crippen molar-refractivity contribution in [2.45, 2.75) is 10.8 Å². The number of morpholine rings is 1. The lowest BCUT2D eigenvalue weighted by Crippen LogP contribution is -2.50. The van der Waals surface area contributed by atoms with Crippen molar-refractivity contribution in [1.82, 2.24) is 29.6 Å². The SMILES string of the molecule is O=c1c2ccccc2nc(CSc2ncnc3[nH]cnc23)n1N1CCOCC1. The topological polar surface area (TPSA) is 102 Å². The van der Waals surface area contributed by atoms with Crippen molar-refractivity contribution in [3.63, 3.8) is 0 Å². The molecule has 9 nitrogen and oxygen atoms in total. The summed E-state index contributed by atoms with van der Waals surface area (Å²) in [5.74, 6) is 1.16. The van der Waals surface area contributed by atoms with Crippen LogP contribution in [-0.4, -0.2) is 55.9 Å². The molecule has 4 heterocycles. The maximum Gasteiger partial charge on any atom is 0.280 e. The summed E-state index contributed by atoms with van der Waals surface area (Å²) in [5.41, 5.74) is 2.04. The van der Waals surface area contributed by atoms with Gasteiger partial charge in [0.2, 0.25) is 0 Å². The quantitative estimate of drug-likeness (QED) is 0.408. The zero-order valence-electron chi connectivity index (χ0n) is 14.9. The summed E-state index contributed by atoms with van der Waals surface area (Å²) in [6.45, 7) is 2.47. The van der Waals surface area contributed by atoms with E-state index < -0.39 is 0 Å². The highest BCUT2D eigenvalue weighted by atomic mass is 32.2. The van der Waals surface area contributed by atoms with Gasteiger partial charge in [-0.25, -0.2) is 24.6 Å². The molecule has 0 bridgehead atoms. The van der Waals surface area contributed by atoms with Crippen molar-refractivity contribution >= 4 is 33.8 Å². The summed E-state index contributed by atoms with van der Waals surface area (Å²) in [6, 6.07) is 7.43. The zero-order valence-corrected chi connectivity index (χ0v) is 15.7. The summed E-state index contributed by atoms with van der Waals surface area (Å²) in [5, 5.41) is 3.37. The third-order valence-corrected chi connectivity index (χ3v) is 5.59. The lowest BCUT2D eigenvalue weighted by Gasteiger charge is -2.31. The van der Waals surface area contributed by atoms with Crippen LogP contribution in [0.25, 0.3) is 22.1 Å². The van der Waals surface area contributed by atoms with Crippen molar-refractivity contribution in [1.29, 1.82) is 0 Å². The molecule has 1 aromatic carbocycles. The van der Waals surface area contributed by atoms with E-state index >= 15 is 0 Å². The molecule has 0 unspecified atom stereocenters. The second-order valence-electron chi connectivity index (χ2n) is 6.30. The van der Waals surface area contributed by atoms with Gasteiger partial charge in [0.1, 0.15) is 22.7 Å². The van der Waals surface area contributed by atoms with E-state index in [1.165, 1.54) is 18.1 Å². The van der Waals surface area contributed by atoms with Crippen molar-refractivity contribution in [3.8, 4) is 0 Å². The standard InChI is InChI=1S/C18H17N7O2S/c26-18-12-3-1-2-4-13(12)23-14(25(18)24-5-7-27-8-6-24)9-28-17-15-16(20-10-19-15)21-11-22-17/h1-4,10-11H,5-9H2,(H,19,20,21,22). The molecule has 5 rings (SSSR count). The number of imidazole rings is 1. The van der Waals surface area contributed by atoms with Gasteiger partial charge in [0, 0.05) is 0 Å². The number of H-pyrrole nitrogens is 1. The lowest BCUT2D eigenvalue weighted by molar-refractivity contribution is 0.110. The van der Waals surface area contributed by atoms with E-state index in [1.807, 2.05) is 29.3 Å². The monoisotopic (exact) mass is 395 g/mol. The fourth-order valence-electron chi connectivity index (χ4n) is 3.29. The fraction of sp³-hybridized carbons (Fsp3) is 0.278. The highest BCUT2D eigenvalue weighted by Gasteiger charge is 2.19. The number of fused-ring (bicyclic) bond motifs is 2. The minimum Gasteiger partial charge on any atom is -0.378 e. The summed E-state index contributed by atoms with van der Waals surface area (Å²) in [6.07, 6.45) is 3.10. The lowest BCUT2D eigenvalue weighted by atomic mass is 10.2. The molecule has 10 heteroatoms. The minimum absolute atomic E-state index is 0.0595. The van der Waals surface area contributed by atoms with Crippen LogP contribution in [0.5, 0.6) is 0 Å². The van der Waals surface area contributed by atoms with Crippen LogP contribution in [0.1, 0.15) is 5.82 Å². The Bertz CT molecular complexity index is 1200. The van der Waals surface area contributed by atoms with E-state index in [2.05, 4.69) is 19.9 Å². The number of hydrogen-bond acceptors (Lipinski definition) is 8. The first-order valence-electron chi connectivity index (χ1n) is 8.92. The number of para-hydroxylation sites is 1. The van der Waals surface area contributed by atoms with Gasteiger partial charge in [-0.1, -0.05) is 23.9 Å². The van der Waals surface area contributed by atoms with E-state index in [4.69, 9.17) is 9.72 Å². The Morgan fingerprint density at radius 2 is 2.00 bits per heavy atom. The van der Waals surface area contributed by atoms with E-state index in [9.17, 15) is 4.79 Å². The third-order valence-electron chi connectivity index (χ3n) is 4.61. The number of hydrogen-bond donors (Lipinski definition) is 1. The highest BCUT2D eigenvalue weighted by molar-refractivity contribution is 7.98. The first-order valence-corrected chi connectivity index (χ1v) is 9.90. The van der Waals surface area contributed by atoms with Crippen LogP contribution >= 0.6 is 11.8 Å². The Hall–Kier alpha value is -2.98. The molecule has 142 valence electrons. The van der Waals surface area contributed by atoms with Crippen LogP contribution in [0.2, 0.25) is 0 Å². The van der Waals surface area contributed by atoms with Gasteiger partial charge in [0.05, 0.1) is 49.3 Å². The predicted molar refractivity (Wildman–Crippen MR) is 106 cm³/mol. The minimum atomic E-state index is -0.0595. The van der Waals surface area contributed by atoms with Crippen LogP contribution in [0.4, 0.5) is 0 Å². The van der Waals surface area contributed by atoms with Gasteiger partial charge in [0.15, 0.2) is 5.65 Å². The molecule has 4 aromatic rings. The number of nitrogens with zero attached hydrogens (tertiary/aromatic N) is 6. The van der Waals surface area contributed by atoms with Crippen LogP contribution in [-0.2, 0) is 10.5 Å². The maximum atomic E-state index is 13.2. The molecule has 28 heavy (non-hydrogen) atoms. The molecule has 1 saturated heterocycles. The molecule has 1 fully saturated rings. The average Bonchev–Trinajstić information content (AvgIpc) is 3.22. The molecule has 3 aromatic heterocycles.